The summed E-state index contributed by atoms with van der Waals surface area (Å²) in [7, 11) is 3.96. The molecule has 0 amide bonds. The van der Waals surface area contributed by atoms with Gasteiger partial charge >= 0.3 is 0 Å². The Bertz CT molecular complexity index is 1110. The highest BCUT2D eigenvalue weighted by atomic mass is 16.5. The maximum atomic E-state index is 5.01. The van der Waals surface area contributed by atoms with Gasteiger partial charge < -0.3 is 9.42 Å². The second kappa shape index (κ2) is 7.22. The van der Waals surface area contributed by atoms with Gasteiger partial charge in [0.05, 0.1) is 5.69 Å². The van der Waals surface area contributed by atoms with E-state index in [1.165, 1.54) is 0 Å². The van der Waals surface area contributed by atoms with E-state index in [-0.39, 0.29) is 0 Å². The number of nitrogens with zero attached hydrogens (tertiary/aromatic N) is 7. The molecule has 0 aliphatic rings. The average Bonchev–Trinajstić information content (AvgIpc) is 3.31. The van der Waals surface area contributed by atoms with Crippen LogP contribution >= 0.6 is 0 Å². The monoisotopic (exact) mass is 375 g/mol. The van der Waals surface area contributed by atoms with E-state index in [2.05, 4.69) is 26.3 Å². The average molecular weight is 375 g/mol. The van der Waals surface area contributed by atoms with Crippen molar-refractivity contribution in [2.75, 3.05) is 19.0 Å². The molecular weight excluding hydrogens is 354 g/mol. The molecule has 0 bridgehead atoms. The van der Waals surface area contributed by atoms with Gasteiger partial charge in [0.1, 0.15) is 12.4 Å². The van der Waals surface area contributed by atoms with Gasteiger partial charge in [-0.25, -0.2) is 9.97 Å². The van der Waals surface area contributed by atoms with E-state index >= 15 is 0 Å². The fourth-order valence-corrected chi connectivity index (χ4v) is 3.00. The van der Waals surface area contributed by atoms with Crippen molar-refractivity contribution >= 4 is 5.82 Å². The highest BCUT2D eigenvalue weighted by Crippen LogP contribution is 2.25. The molecule has 0 fully saturated rings. The molecule has 4 rings (SSSR count). The summed E-state index contributed by atoms with van der Waals surface area (Å²) in [6, 6.07) is 10.0. The number of hydrogen-bond donors (Lipinski definition) is 0. The minimum atomic E-state index is 0.463. The number of aryl methyl sites for hydroxylation is 2. The molecule has 0 saturated heterocycles. The lowest BCUT2D eigenvalue weighted by atomic mass is 10.1. The Hall–Kier alpha value is -3.55. The number of rotatable bonds is 5. The second-order valence-corrected chi connectivity index (χ2v) is 6.80. The fraction of sp³-hybridized carbons (Fsp3) is 0.250. The molecule has 1 aromatic carbocycles. The van der Waals surface area contributed by atoms with Gasteiger partial charge in [0.2, 0.25) is 5.89 Å². The van der Waals surface area contributed by atoms with Crippen LogP contribution in [0.25, 0.3) is 22.6 Å². The summed E-state index contributed by atoms with van der Waals surface area (Å²) in [5.74, 6) is 2.75. The van der Waals surface area contributed by atoms with Gasteiger partial charge in [0, 0.05) is 50.1 Å². The predicted molar refractivity (Wildman–Crippen MR) is 106 cm³/mol. The van der Waals surface area contributed by atoms with Crippen LogP contribution in [0.3, 0.4) is 0 Å². The van der Waals surface area contributed by atoms with Crippen molar-refractivity contribution in [1.29, 1.82) is 0 Å². The molecule has 0 saturated carbocycles. The Morgan fingerprint density at radius 2 is 1.89 bits per heavy atom. The van der Waals surface area contributed by atoms with Crippen molar-refractivity contribution in [3.8, 4) is 22.6 Å². The van der Waals surface area contributed by atoms with Crippen molar-refractivity contribution in [2.45, 2.75) is 20.4 Å². The number of anilines is 1. The molecule has 3 heterocycles. The quantitative estimate of drug-likeness (QED) is 0.530. The first-order chi connectivity index (χ1) is 13.5. The van der Waals surface area contributed by atoms with Crippen molar-refractivity contribution in [3.05, 3.63) is 60.0 Å². The number of benzene rings is 1. The molecule has 0 N–H and O–H groups in total. The van der Waals surface area contributed by atoms with Crippen molar-refractivity contribution in [2.24, 2.45) is 0 Å². The van der Waals surface area contributed by atoms with E-state index < -0.39 is 0 Å². The van der Waals surface area contributed by atoms with Crippen LogP contribution in [0.1, 0.15) is 17.3 Å². The lowest BCUT2D eigenvalue weighted by Crippen LogP contribution is -2.13. The van der Waals surface area contributed by atoms with Crippen LogP contribution in [0.4, 0.5) is 5.82 Å². The molecule has 8 heteroatoms. The maximum Gasteiger partial charge on any atom is 0.223 e. The Labute approximate surface area is 162 Å². The summed E-state index contributed by atoms with van der Waals surface area (Å²) >= 11 is 0. The Morgan fingerprint density at radius 1 is 1.07 bits per heavy atom. The van der Waals surface area contributed by atoms with E-state index in [1.54, 1.807) is 11.6 Å². The Kier molecular flexibility index (Phi) is 4.60. The largest absolute Gasteiger partial charge is 0.362 e. The highest BCUT2D eigenvalue weighted by molar-refractivity contribution is 5.68. The Balaban J connectivity index is 1.62. The summed E-state index contributed by atoms with van der Waals surface area (Å²) in [6.07, 6.45) is 3.76. The molecule has 0 aliphatic heterocycles. The van der Waals surface area contributed by atoms with E-state index in [4.69, 9.17) is 9.51 Å². The molecule has 0 atom stereocenters. The molecule has 3 aromatic heterocycles. The first-order valence-corrected chi connectivity index (χ1v) is 8.94. The molecular formula is C20H21N7O. The summed E-state index contributed by atoms with van der Waals surface area (Å²) in [5.41, 5.74) is 3.85. The van der Waals surface area contributed by atoms with Gasteiger partial charge in [-0.1, -0.05) is 23.4 Å². The van der Waals surface area contributed by atoms with Crippen LogP contribution in [0.2, 0.25) is 0 Å². The van der Waals surface area contributed by atoms with Crippen LogP contribution in [0.15, 0.2) is 47.2 Å². The SMILES string of the molecule is Cc1nc(Cn2ccc(-c3cccc(-c4ncc(C)c(N(C)C)n4)c3)n2)no1. The standard InChI is InChI=1S/C20H21N7O/c1-13-11-21-19(23-20(13)26(3)4)16-7-5-6-15(10-16)17-8-9-27(24-17)12-18-22-14(2)28-25-18/h5-11H,12H2,1-4H3. The van der Waals surface area contributed by atoms with Gasteiger partial charge in [-0.2, -0.15) is 10.1 Å². The maximum absolute atomic E-state index is 5.01. The van der Waals surface area contributed by atoms with Crippen LogP contribution in [-0.4, -0.2) is 44.0 Å². The van der Waals surface area contributed by atoms with E-state index in [9.17, 15) is 0 Å². The molecule has 142 valence electrons. The molecule has 0 radical (unpaired) electrons. The normalized spacial score (nSPS) is 11.0. The number of aromatic nitrogens is 6. The third-order valence-electron chi connectivity index (χ3n) is 4.30. The van der Waals surface area contributed by atoms with Crippen molar-refractivity contribution < 1.29 is 4.52 Å². The topological polar surface area (TPSA) is 85.8 Å². The summed E-state index contributed by atoms with van der Waals surface area (Å²) in [5, 5.41) is 8.53. The fourth-order valence-electron chi connectivity index (χ4n) is 3.00. The molecule has 4 aromatic rings. The molecule has 0 aliphatic carbocycles. The minimum absolute atomic E-state index is 0.463. The second-order valence-electron chi connectivity index (χ2n) is 6.80. The van der Waals surface area contributed by atoms with Crippen molar-refractivity contribution in [3.63, 3.8) is 0 Å². The highest BCUT2D eigenvalue weighted by Gasteiger charge is 2.11. The summed E-state index contributed by atoms with van der Waals surface area (Å²) in [6.45, 7) is 4.24. The van der Waals surface area contributed by atoms with Gasteiger partial charge in [0.15, 0.2) is 11.6 Å². The van der Waals surface area contributed by atoms with Gasteiger partial charge in [-0.05, 0) is 19.1 Å². The zero-order valence-electron chi connectivity index (χ0n) is 16.3. The van der Waals surface area contributed by atoms with E-state index in [0.717, 1.165) is 28.2 Å². The molecule has 28 heavy (non-hydrogen) atoms. The van der Waals surface area contributed by atoms with Crippen LogP contribution in [-0.2, 0) is 6.54 Å². The van der Waals surface area contributed by atoms with Gasteiger partial charge in [-0.3, -0.25) is 4.68 Å². The molecule has 0 unspecified atom stereocenters. The Morgan fingerprint density at radius 3 is 2.64 bits per heavy atom. The third kappa shape index (κ3) is 3.62. The minimum Gasteiger partial charge on any atom is -0.362 e. The van der Waals surface area contributed by atoms with Crippen LogP contribution in [0, 0.1) is 13.8 Å². The molecule has 8 nitrogen and oxygen atoms in total. The summed E-state index contributed by atoms with van der Waals surface area (Å²) in [4.78, 5) is 15.4. The lowest BCUT2D eigenvalue weighted by Gasteiger charge is -2.15. The zero-order chi connectivity index (χ0) is 19.7. The zero-order valence-corrected chi connectivity index (χ0v) is 16.3. The van der Waals surface area contributed by atoms with E-state index in [1.807, 2.05) is 62.6 Å². The van der Waals surface area contributed by atoms with Gasteiger partial charge in [-0.15, -0.1) is 0 Å². The van der Waals surface area contributed by atoms with Gasteiger partial charge in [0.25, 0.3) is 0 Å². The predicted octanol–water partition coefficient (Wildman–Crippen LogP) is 3.12. The molecule has 0 spiro atoms. The number of hydrogen-bond acceptors (Lipinski definition) is 7. The van der Waals surface area contributed by atoms with E-state index in [0.29, 0.717) is 24.1 Å². The first kappa shape index (κ1) is 17.8. The van der Waals surface area contributed by atoms with Crippen LogP contribution in [0.5, 0.6) is 0 Å². The smallest absolute Gasteiger partial charge is 0.223 e. The van der Waals surface area contributed by atoms with Crippen molar-refractivity contribution in [1.82, 2.24) is 29.9 Å². The third-order valence-corrected chi connectivity index (χ3v) is 4.30. The van der Waals surface area contributed by atoms with Crippen LogP contribution < -0.4 is 4.90 Å². The summed E-state index contributed by atoms with van der Waals surface area (Å²) < 4.78 is 6.80. The lowest BCUT2D eigenvalue weighted by molar-refractivity contribution is 0.385. The first-order valence-electron chi connectivity index (χ1n) is 8.94.